The minimum atomic E-state index is 0.190. The van der Waals surface area contributed by atoms with E-state index in [4.69, 9.17) is 4.52 Å². The lowest BCUT2D eigenvalue weighted by Crippen LogP contribution is -2.38. The van der Waals surface area contributed by atoms with Crippen LogP contribution >= 0.6 is 0 Å². The normalized spacial score (nSPS) is 16.0. The van der Waals surface area contributed by atoms with E-state index < -0.39 is 0 Å². The molecular formula is C15H23N7O2. The van der Waals surface area contributed by atoms with Crippen LogP contribution in [0.4, 0.5) is 0 Å². The lowest BCUT2D eigenvalue weighted by atomic mass is 9.96. The highest BCUT2D eigenvalue weighted by Crippen LogP contribution is 2.28. The molecule has 1 amide bonds. The van der Waals surface area contributed by atoms with E-state index in [1.807, 2.05) is 18.7 Å². The Morgan fingerprint density at radius 2 is 2.17 bits per heavy atom. The molecule has 2 aromatic rings. The zero-order valence-electron chi connectivity index (χ0n) is 14.1. The van der Waals surface area contributed by atoms with Crippen LogP contribution in [0.15, 0.2) is 10.9 Å². The molecule has 0 radical (unpaired) electrons. The summed E-state index contributed by atoms with van der Waals surface area (Å²) in [5.74, 6) is 2.19. The summed E-state index contributed by atoms with van der Waals surface area (Å²) in [5.41, 5.74) is 0. The Morgan fingerprint density at radius 1 is 1.38 bits per heavy atom. The summed E-state index contributed by atoms with van der Waals surface area (Å²) in [4.78, 5) is 18.7. The third kappa shape index (κ3) is 3.95. The van der Waals surface area contributed by atoms with Gasteiger partial charge in [0.15, 0.2) is 5.82 Å². The molecule has 3 rings (SSSR count). The van der Waals surface area contributed by atoms with Gasteiger partial charge in [0.2, 0.25) is 11.8 Å². The molecule has 0 aromatic carbocycles. The van der Waals surface area contributed by atoms with E-state index >= 15 is 0 Å². The van der Waals surface area contributed by atoms with Crippen molar-refractivity contribution in [2.45, 2.75) is 57.9 Å². The first-order valence-corrected chi connectivity index (χ1v) is 8.45. The molecule has 0 N–H and O–H groups in total. The van der Waals surface area contributed by atoms with Gasteiger partial charge in [-0.15, -0.1) is 5.10 Å². The van der Waals surface area contributed by atoms with Crippen molar-refractivity contribution in [1.82, 2.24) is 35.2 Å². The number of aromatic nitrogens is 6. The fraction of sp³-hybridized carbons (Fsp3) is 0.733. The van der Waals surface area contributed by atoms with Crippen molar-refractivity contribution >= 4 is 5.91 Å². The van der Waals surface area contributed by atoms with Crippen molar-refractivity contribution in [2.75, 3.05) is 13.1 Å². The summed E-state index contributed by atoms with van der Waals surface area (Å²) in [6.45, 7) is 6.24. The minimum Gasteiger partial charge on any atom is -0.343 e. The van der Waals surface area contributed by atoms with Crippen molar-refractivity contribution < 1.29 is 9.32 Å². The number of hydrogen-bond donors (Lipinski definition) is 0. The molecule has 24 heavy (non-hydrogen) atoms. The molecule has 2 aromatic heterocycles. The number of rotatable bonds is 6. The molecule has 0 atom stereocenters. The zero-order valence-corrected chi connectivity index (χ0v) is 14.1. The van der Waals surface area contributed by atoms with E-state index in [1.54, 1.807) is 11.0 Å². The number of likely N-dealkylation sites (tertiary alicyclic amines) is 1. The Bertz CT molecular complexity index is 645. The molecule has 0 spiro atoms. The molecule has 1 aliphatic heterocycles. The zero-order chi connectivity index (χ0) is 16.9. The molecule has 0 bridgehead atoms. The Morgan fingerprint density at radius 3 is 2.79 bits per heavy atom. The molecule has 0 unspecified atom stereocenters. The second kappa shape index (κ2) is 7.50. The first-order valence-electron chi connectivity index (χ1n) is 8.45. The van der Waals surface area contributed by atoms with Gasteiger partial charge in [-0.3, -0.25) is 4.79 Å². The van der Waals surface area contributed by atoms with Crippen LogP contribution in [-0.4, -0.2) is 54.2 Å². The molecule has 0 aliphatic carbocycles. The molecule has 0 saturated carbocycles. The highest BCUT2D eigenvalue weighted by Gasteiger charge is 2.27. The van der Waals surface area contributed by atoms with Crippen molar-refractivity contribution in [2.24, 2.45) is 0 Å². The molecule has 1 fully saturated rings. The SMILES string of the molecule is CC(C)c1noc(C2CCN(C(=O)CCCn3cnnn3)CC2)n1. The van der Waals surface area contributed by atoms with Gasteiger partial charge >= 0.3 is 0 Å². The summed E-state index contributed by atoms with van der Waals surface area (Å²) in [5, 5.41) is 15.0. The van der Waals surface area contributed by atoms with Gasteiger partial charge in [-0.25, -0.2) is 4.68 Å². The molecule has 3 heterocycles. The predicted molar refractivity (Wildman–Crippen MR) is 84.0 cm³/mol. The van der Waals surface area contributed by atoms with Crippen LogP contribution in [0.25, 0.3) is 0 Å². The smallest absolute Gasteiger partial charge is 0.229 e. The molecule has 1 saturated heterocycles. The Kier molecular flexibility index (Phi) is 5.17. The Hall–Kier alpha value is -2.32. The maximum atomic E-state index is 12.3. The quantitative estimate of drug-likeness (QED) is 0.786. The molecule has 9 heteroatoms. The van der Waals surface area contributed by atoms with E-state index in [0.29, 0.717) is 18.9 Å². The fourth-order valence-corrected chi connectivity index (χ4v) is 2.86. The van der Waals surface area contributed by atoms with Gasteiger partial charge in [-0.1, -0.05) is 19.0 Å². The number of piperidine rings is 1. The van der Waals surface area contributed by atoms with Gasteiger partial charge in [0.25, 0.3) is 0 Å². The summed E-state index contributed by atoms with van der Waals surface area (Å²) < 4.78 is 7.02. The van der Waals surface area contributed by atoms with Crippen molar-refractivity contribution in [3.63, 3.8) is 0 Å². The molecule has 130 valence electrons. The van der Waals surface area contributed by atoms with Crippen LogP contribution < -0.4 is 0 Å². The molecule has 9 nitrogen and oxygen atoms in total. The van der Waals surface area contributed by atoms with Crippen LogP contribution in [0.3, 0.4) is 0 Å². The summed E-state index contributed by atoms with van der Waals surface area (Å²) >= 11 is 0. The highest BCUT2D eigenvalue weighted by molar-refractivity contribution is 5.76. The second-order valence-electron chi connectivity index (χ2n) is 6.48. The van der Waals surface area contributed by atoms with Crippen molar-refractivity contribution in [3.05, 3.63) is 18.0 Å². The summed E-state index contributed by atoms with van der Waals surface area (Å²) in [6.07, 6.45) is 4.57. The van der Waals surface area contributed by atoms with Crippen molar-refractivity contribution in [1.29, 1.82) is 0 Å². The fourth-order valence-electron chi connectivity index (χ4n) is 2.86. The van der Waals surface area contributed by atoms with Gasteiger partial charge < -0.3 is 9.42 Å². The van der Waals surface area contributed by atoms with Gasteiger partial charge in [-0.05, 0) is 29.7 Å². The van der Waals surface area contributed by atoms with Crippen LogP contribution in [0.5, 0.6) is 0 Å². The number of amides is 1. The number of carbonyl (C=O) groups is 1. The lowest BCUT2D eigenvalue weighted by Gasteiger charge is -2.30. The topological polar surface area (TPSA) is 103 Å². The van der Waals surface area contributed by atoms with Crippen LogP contribution in [-0.2, 0) is 11.3 Å². The lowest BCUT2D eigenvalue weighted by molar-refractivity contribution is -0.132. The number of tetrazole rings is 1. The third-order valence-corrected chi connectivity index (χ3v) is 4.34. The molecule has 1 aliphatic rings. The summed E-state index contributed by atoms with van der Waals surface area (Å²) in [7, 11) is 0. The predicted octanol–water partition coefficient (Wildman–Crippen LogP) is 1.37. The Balaban J connectivity index is 1.43. The number of carbonyl (C=O) groups excluding carboxylic acids is 1. The summed E-state index contributed by atoms with van der Waals surface area (Å²) in [6, 6.07) is 0. The maximum Gasteiger partial charge on any atom is 0.229 e. The Labute approximate surface area is 140 Å². The van der Waals surface area contributed by atoms with Gasteiger partial charge in [0.1, 0.15) is 6.33 Å². The van der Waals surface area contributed by atoms with Crippen LogP contribution in [0.1, 0.15) is 63.1 Å². The van der Waals surface area contributed by atoms with E-state index in [2.05, 4.69) is 25.7 Å². The number of aryl methyl sites for hydroxylation is 1. The number of nitrogens with zero attached hydrogens (tertiary/aromatic N) is 7. The average Bonchev–Trinajstić information content (AvgIpc) is 3.26. The van der Waals surface area contributed by atoms with E-state index in [-0.39, 0.29) is 17.7 Å². The van der Waals surface area contributed by atoms with Gasteiger partial charge in [0, 0.05) is 37.9 Å². The largest absolute Gasteiger partial charge is 0.343 e. The minimum absolute atomic E-state index is 0.190. The van der Waals surface area contributed by atoms with Gasteiger partial charge in [-0.2, -0.15) is 4.98 Å². The first kappa shape index (κ1) is 16.5. The van der Waals surface area contributed by atoms with Gasteiger partial charge in [0.05, 0.1) is 0 Å². The highest BCUT2D eigenvalue weighted by atomic mass is 16.5. The first-order chi connectivity index (χ1) is 11.6. The molecular weight excluding hydrogens is 310 g/mol. The maximum absolute atomic E-state index is 12.3. The van der Waals surface area contributed by atoms with Crippen LogP contribution in [0.2, 0.25) is 0 Å². The second-order valence-corrected chi connectivity index (χ2v) is 6.48. The third-order valence-electron chi connectivity index (χ3n) is 4.34. The average molecular weight is 333 g/mol. The van der Waals surface area contributed by atoms with E-state index in [1.165, 1.54) is 0 Å². The monoisotopic (exact) mass is 333 g/mol. The number of hydrogen-bond acceptors (Lipinski definition) is 7. The standard InChI is InChI=1S/C15H23N7O2/c1-11(2)14-17-15(24-18-14)12-5-8-21(9-6-12)13(23)4-3-7-22-10-16-19-20-22/h10-12H,3-9H2,1-2H3. The van der Waals surface area contributed by atoms with Crippen molar-refractivity contribution in [3.8, 4) is 0 Å². The van der Waals surface area contributed by atoms with E-state index in [0.717, 1.165) is 38.2 Å². The van der Waals surface area contributed by atoms with E-state index in [9.17, 15) is 4.79 Å². The van der Waals surface area contributed by atoms with Crippen LogP contribution in [0, 0.1) is 0 Å².